The Kier molecular flexibility index (Phi) is 11.4. The molecule has 2 aliphatic heterocycles. The molecule has 28 nitrogen and oxygen atoms in total. The number of hydrogen-bond acceptors (Lipinski definition) is 22. The number of aliphatic hydroxyl groups is 4. The lowest BCUT2D eigenvalue weighted by molar-refractivity contribution is -0.0541. The molecule has 0 spiro atoms. The summed E-state index contributed by atoms with van der Waals surface area (Å²) in [5.41, 5.74) is 10.3. The Labute approximate surface area is 282 Å². The molecule has 2 fully saturated rings. The Hall–Kier alpha value is -2.65. The van der Waals surface area contributed by atoms with Gasteiger partial charge in [-0.1, -0.05) is 0 Å². The molecule has 2 aliphatic rings. The maximum absolute atomic E-state index is 12.4. The number of fused-ring (bicyclic) bond motifs is 1. The molecular weight excluding hydrogens is 784 g/mol. The van der Waals surface area contributed by atoms with Gasteiger partial charge in [0.05, 0.1) is 19.5 Å². The number of ether oxygens (including phenoxy) is 2. The third kappa shape index (κ3) is 9.12. The quantitative estimate of drug-likeness (QED) is 0.0724. The minimum atomic E-state index is -6.21. The third-order valence-corrected chi connectivity index (χ3v) is 12.8. The van der Waals surface area contributed by atoms with Gasteiger partial charge in [0.25, 0.3) is 0 Å². The summed E-state index contributed by atoms with van der Waals surface area (Å²) in [4.78, 5) is 66.5. The van der Waals surface area contributed by atoms with E-state index in [0.29, 0.717) is 0 Å². The van der Waals surface area contributed by atoms with Gasteiger partial charge in [0.2, 0.25) is 0 Å². The Balaban J connectivity index is 1.13. The highest BCUT2D eigenvalue weighted by molar-refractivity contribution is 7.69. The van der Waals surface area contributed by atoms with E-state index < -0.39 is 99.3 Å². The van der Waals surface area contributed by atoms with Crippen molar-refractivity contribution in [3.8, 4) is 0 Å². The van der Waals surface area contributed by atoms with Crippen LogP contribution in [0.5, 0.6) is 0 Å². The molecule has 0 aromatic carbocycles. The maximum atomic E-state index is 12.4. The van der Waals surface area contributed by atoms with Crippen molar-refractivity contribution in [2.24, 2.45) is 0 Å². The van der Waals surface area contributed by atoms with Crippen LogP contribution in [0.1, 0.15) is 12.5 Å². The van der Waals surface area contributed by atoms with Crippen molar-refractivity contribution in [3.63, 3.8) is 0 Å². The van der Waals surface area contributed by atoms with Gasteiger partial charge in [-0.05, 0) is 6.07 Å². The van der Waals surface area contributed by atoms with Crippen LogP contribution in [0, 0.1) is 0 Å². The van der Waals surface area contributed by atoms with E-state index in [1.165, 1.54) is 0 Å². The number of phosphoric ester groups is 2. The van der Waals surface area contributed by atoms with Gasteiger partial charge in [-0.25, -0.2) is 38.0 Å². The normalized spacial score (nSPS) is 31.5. The molecule has 0 aliphatic carbocycles. The summed E-state index contributed by atoms with van der Waals surface area (Å²) in [6, 6.07) is 1.15. The van der Waals surface area contributed by atoms with E-state index in [9.17, 15) is 63.1 Å². The Morgan fingerprint density at radius 3 is 1.73 bits per heavy atom. The fraction of sp³-hybridized carbons (Fsp3) is 0.526. The van der Waals surface area contributed by atoms with E-state index in [4.69, 9.17) is 20.9 Å². The molecular formula is C19H28N8O20P4. The molecule has 12 N–H and O–H groups in total. The zero-order chi connectivity index (χ0) is 37.7. The van der Waals surface area contributed by atoms with Crippen LogP contribution < -0.4 is 17.2 Å². The number of aliphatic hydroxyl groups excluding tert-OH is 4. The average molecular weight is 812 g/mol. The van der Waals surface area contributed by atoms with Gasteiger partial charge in [-0.3, -0.25) is 18.2 Å². The van der Waals surface area contributed by atoms with Crippen LogP contribution in [0.25, 0.3) is 11.2 Å². The molecule has 5 rings (SSSR count). The molecule has 3 aromatic rings. The summed E-state index contributed by atoms with van der Waals surface area (Å²) in [7, 11) is -24.0. The van der Waals surface area contributed by atoms with Crippen molar-refractivity contribution in [1.82, 2.24) is 29.1 Å². The zero-order valence-electron chi connectivity index (χ0n) is 24.9. The summed E-state index contributed by atoms with van der Waals surface area (Å²) in [6.07, 6.45) is -10.3. The largest absolute Gasteiger partial charge is 0.490 e. The number of imidazole rings is 1. The molecule has 0 amide bonds. The van der Waals surface area contributed by atoms with Gasteiger partial charge in [0.15, 0.2) is 23.9 Å². The fourth-order valence-corrected chi connectivity index (χ4v) is 9.62. The SMILES string of the molecule is Nc1ccn([C@@H]2O[C@H](COP(=O)(O)OP(=O)(O)OP(=O)(O)OP(=O)(O)OC[C@H]3O[C@@H](n4cnc5c(N)ncnc54)[C@H](O)[C@@H]3O)[C@@H](O)[C@H]2O)c(=O)n1. The number of rotatable bonds is 14. The minimum Gasteiger partial charge on any atom is -0.387 e. The first kappa shape index (κ1) is 39.6. The smallest absolute Gasteiger partial charge is 0.387 e. The molecule has 4 unspecified atom stereocenters. The monoisotopic (exact) mass is 812 g/mol. The van der Waals surface area contributed by atoms with Crippen LogP contribution in [0.15, 0.2) is 29.7 Å². The molecule has 2 saturated heterocycles. The van der Waals surface area contributed by atoms with E-state index in [1.807, 2.05) is 0 Å². The minimum absolute atomic E-state index is 0.0192. The van der Waals surface area contributed by atoms with E-state index in [2.05, 4.69) is 41.9 Å². The summed E-state index contributed by atoms with van der Waals surface area (Å²) >= 11 is 0. The number of nitrogens with two attached hydrogens (primary N) is 2. The summed E-state index contributed by atoms with van der Waals surface area (Å²) in [6.45, 7) is -2.29. The summed E-state index contributed by atoms with van der Waals surface area (Å²) in [5.74, 6) is -0.198. The standard InChI is InChI=1S/C19H28N8O20P4/c20-9-1-2-26(19(32)25-9)17-13(30)11(28)7(43-17)3-41-48(33,34)45-50(37,38)47-51(39,40)46-49(35,36)42-4-8-12(29)14(31)18(44-8)27-6-24-10-15(21)22-5-23-16(10)27/h1-2,5-8,11-14,17-18,28-31H,3-4H2,(H,33,34)(H,35,36)(H,37,38)(H,39,40)(H2,20,25,32)(H2,21,22,23)/t7-,8-,11-,12-,13-,14-,17-,18-/m1/s1. The topological polar surface area (TPSA) is 425 Å². The van der Waals surface area contributed by atoms with Crippen LogP contribution in [-0.2, 0) is 49.7 Å². The van der Waals surface area contributed by atoms with Gasteiger partial charge in [-0.2, -0.15) is 17.9 Å². The maximum Gasteiger partial charge on any atom is 0.490 e. The van der Waals surface area contributed by atoms with Crippen molar-refractivity contribution in [2.45, 2.75) is 49.1 Å². The Morgan fingerprint density at radius 2 is 1.22 bits per heavy atom. The fourth-order valence-electron chi connectivity index (χ4n) is 4.67. The second-order valence-electron chi connectivity index (χ2n) is 10.4. The van der Waals surface area contributed by atoms with E-state index >= 15 is 0 Å². The average Bonchev–Trinajstić information content (AvgIpc) is 3.64. The van der Waals surface area contributed by atoms with Crippen molar-refractivity contribution in [3.05, 3.63) is 35.4 Å². The molecule has 0 radical (unpaired) electrons. The number of hydrogen-bond donors (Lipinski definition) is 10. The van der Waals surface area contributed by atoms with Crippen LogP contribution in [0.3, 0.4) is 0 Å². The molecule has 0 bridgehead atoms. The highest BCUT2D eigenvalue weighted by Gasteiger charge is 2.50. The van der Waals surface area contributed by atoms with Gasteiger partial charge < -0.3 is 60.9 Å². The Morgan fingerprint density at radius 1 is 0.725 bits per heavy atom. The number of aromatic nitrogens is 6. The first-order valence-corrected chi connectivity index (χ1v) is 19.6. The van der Waals surface area contributed by atoms with Crippen molar-refractivity contribution < 1.29 is 89.7 Å². The molecule has 12 atom stereocenters. The first-order valence-electron chi connectivity index (χ1n) is 13.6. The third-order valence-electron chi connectivity index (χ3n) is 6.88. The van der Waals surface area contributed by atoms with Crippen molar-refractivity contribution in [1.29, 1.82) is 0 Å². The molecule has 0 saturated carbocycles. The number of phosphoric acid groups is 4. The van der Waals surface area contributed by atoms with E-state index in [-0.39, 0.29) is 22.8 Å². The number of nitrogen functional groups attached to an aromatic ring is 2. The van der Waals surface area contributed by atoms with Crippen LogP contribution in [0.2, 0.25) is 0 Å². The number of nitrogens with zero attached hydrogens (tertiary/aromatic N) is 6. The zero-order valence-corrected chi connectivity index (χ0v) is 28.5. The second kappa shape index (κ2) is 14.6. The molecule has 5 heterocycles. The van der Waals surface area contributed by atoms with Gasteiger partial charge in [0.1, 0.15) is 54.3 Å². The predicted octanol–water partition coefficient (Wildman–Crippen LogP) is -3.03. The molecule has 3 aromatic heterocycles. The lowest BCUT2D eigenvalue weighted by atomic mass is 10.1. The van der Waals surface area contributed by atoms with Crippen LogP contribution >= 0.6 is 31.3 Å². The molecule has 51 heavy (non-hydrogen) atoms. The summed E-state index contributed by atoms with van der Waals surface area (Å²) < 4.78 is 82.2. The van der Waals surface area contributed by atoms with E-state index in [1.54, 1.807) is 0 Å². The highest BCUT2D eigenvalue weighted by atomic mass is 31.3. The van der Waals surface area contributed by atoms with Gasteiger partial charge in [-0.15, -0.1) is 0 Å². The second-order valence-corrected chi connectivity index (χ2v) is 16.7. The van der Waals surface area contributed by atoms with Gasteiger partial charge in [0, 0.05) is 6.20 Å². The molecule has 32 heteroatoms. The van der Waals surface area contributed by atoms with Crippen LogP contribution in [-0.4, -0.2) is 119 Å². The number of anilines is 2. The van der Waals surface area contributed by atoms with Crippen LogP contribution in [0.4, 0.5) is 11.6 Å². The van der Waals surface area contributed by atoms with Crippen molar-refractivity contribution >= 4 is 54.1 Å². The Bertz CT molecular complexity index is 2020. The van der Waals surface area contributed by atoms with Crippen molar-refractivity contribution in [2.75, 3.05) is 24.7 Å². The highest BCUT2D eigenvalue weighted by Crippen LogP contribution is 2.71. The van der Waals surface area contributed by atoms with Gasteiger partial charge >= 0.3 is 37.0 Å². The lowest BCUT2D eigenvalue weighted by Gasteiger charge is -2.21. The summed E-state index contributed by atoms with van der Waals surface area (Å²) in [5, 5.41) is 41.3. The predicted molar refractivity (Wildman–Crippen MR) is 159 cm³/mol. The molecule has 284 valence electrons. The van der Waals surface area contributed by atoms with E-state index in [0.717, 1.165) is 34.1 Å². The first-order chi connectivity index (χ1) is 23.6. The lowest BCUT2D eigenvalue weighted by Crippen LogP contribution is -2.36.